The molecule has 2 rings (SSSR count). The summed E-state index contributed by atoms with van der Waals surface area (Å²) in [5.41, 5.74) is 8.55. The topological polar surface area (TPSA) is 80.5 Å². The molecular formula is C10H13N5. The molecule has 0 bridgehead atoms. The predicted molar refractivity (Wildman–Crippen MR) is 58.0 cm³/mol. The average molecular weight is 203 g/mol. The Morgan fingerprint density at radius 3 is 3.00 bits per heavy atom. The second kappa shape index (κ2) is 4.08. The second-order valence-electron chi connectivity index (χ2n) is 3.31. The van der Waals surface area contributed by atoms with E-state index in [9.17, 15) is 0 Å². The molecule has 0 radical (unpaired) electrons. The number of H-pyrrole nitrogens is 1. The van der Waals surface area contributed by atoms with Crippen LogP contribution in [-0.4, -0.2) is 20.2 Å². The van der Waals surface area contributed by atoms with Crippen LogP contribution in [0.3, 0.4) is 0 Å². The largest absolute Gasteiger partial charge is 0.382 e. The van der Waals surface area contributed by atoms with Crippen molar-refractivity contribution >= 4 is 5.82 Å². The van der Waals surface area contributed by atoms with Gasteiger partial charge < -0.3 is 5.73 Å². The van der Waals surface area contributed by atoms with Crippen LogP contribution in [0.25, 0.3) is 11.4 Å². The first-order valence-corrected chi connectivity index (χ1v) is 4.92. The van der Waals surface area contributed by atoms with E-state index in [1.54, 1.807) is 6.20 Å². The first-order valence-electron chi connectivity index (χ1n) is 4.92. The van der Waals surface area contributed by atoms with Crippen molar-refractivity contribution in [3.63, 3.8) is 0 Å². The van der Waals surface area contributed by atoms with E-state index in [4.69, 9.17) is 5.73 Å². The molecular weight excluding hydrogens is 190 g/mol. The van der Waals surface area contributed by atoms with Crippen molar-refractivity contribution in [2.75, 3.05) is 5.73 Å². The molecule has 2 aromatic rings. The van der Waals surface area contributed by atoms with E-state index in [-0.39, 0.29) is 0 Å². The van der Waals surface area contributed by atoms with Crippen LogP contribution in [-0.2, 0) is 6.42 Å². The highest BCUT2D eigenvalue weighted by atomic mass is 15.2. The number of aromatic nitrogens is 4. The van der Waals surface area contributed by atoms with Gasteiger partial charge in [0.15, 0.2) is 0 Å². The molecule has 2 aromatic heterocycles. The van der Waals surface area contributed by atoms with Crippen LogP contribution in [0.1, 0.15) is 18.9 Å². The Kier molecular flexibility index (Phi) is 2.62. The van der Waals surface area contributed by atoms with E-state index in [0.717, 1.165) is 29.8 Å². The summed E-state index contributed by atoms with van der Waals surface area (Å²) in [6.07, 6.45) is 5.15. The summed E-state index contributed by atoms with van der Waals surface area (Å²) in [5.74, 6) is 0.561. The number of hydrogen-bond donors (Lipinski definition) is 2. The summed E-state index contributed by atoms with van der Waals surface area (Å²) >= 11 is 0. The van der Waals surface area contributed by atoms with Gasteiger partial charge in [0.1, 0.15) is 12.1 Å². The van der Waals surface area contributed by atoms with Crippen LogP contribution in [0, 0.1) is 0 Å². The molecule has 0 saturated carbocycles. The molecule has 0 atom stereocenters. The van der Waals surface area contributed by atoms with Gasteiger partial charge in [0.2, 0.25) is 0 Å². The standard InChI is InChI=1S/C10H13N5/c1-2-3-7-9(14-15-10(7)11)8-4-5-12-6-13-8/h4-6H,2-3H2,1H3,(H3,11,14,15). The lowest BCUT2D eigenvalue weighted by molar-refractivity contribution is 0.925. The Bertz CT molecular complexity index is 434. The number of aromatic amines is 1. The Morgan fingerprint density at radius 2 is 2.33 bits per heavy atom. The molecule has 15 heavy (non-hydrogen) atoms. The molecule has 0 unspecified atom stereocenters. The van der Waals surface area contributed by atoms with Gasteiger partial charge in [-0.2, -0.15) is 5.10 Å². The normalized spacial score (nSPS) is 10.5. The van der Waals surface area contributed by atoms with Gasteiger partial charge in [-0.1, -0.05) is 13.3 Å². The number of nitrogens with zero attached hydrogens (tertiary/aromatic N) is 3. The number of nitrogen functional groups attached to an aromatic ring is 1. The van der Waals surface area contributed by atoms with Gasteiger partial charge in [0, 0.05) is 11.8 Å². The highest BCUT2D eigenvalue weighted by Gasteiger charge is 2.12. The molecule has 0 spiro atoms. The van der Waals surface area contributed by atoms with Crippen molar-refractivity contribution in [3.05, 3.63) is 24.2 Å². The summed E-state index contributed by atoms with van der Waals surface area (Å²) in [4.78, 5) is 8.04. The van der Waals surface area contributed by atoms with E-state index in [1.165, 1.54) is 6.33 Å². The fraction of sp³-hybridized carbons (Fsp3) is 0.300. The zero-order chi connectivity index (χ0) is 10.7. The first kappa shape index (κ1) is 9.64. The third-order valence-electron chi connectivity index (χ3n) is 2.24. The van der Waals surface area contributed by atoms with Crippen molar-refractivity contribution in [1.29, 1.82) is 0 Å². The molecule has 5 nitrogen and oxygen atoms in total. The van der Waals surface area contributed by atoms with E-state index in [0.29, 0.717) is 5.82 Å². The van der Waals surface area contributed by atoms with Gasteiger partial charge in [-0.25, -0.2) is 9.97 Å². The molecule has 5 heteroatoms. The minimum Gasteiger partial charge on any atom is -0.382 e. The highest BCUT2D eigenvalue weighted by molar-refractivity contribution is 5.64. The Labute approximate surface area is 87.8 Å². The number of rotatable bonds is 3. The monoisotopic (exact) mass is 203 g/mol. The quantitative estimate of drug-likeness (QED) is 0.790. The maximum Gasteiger partial charge on any atom is 0.149 e. The van der Waals surface area contributed by atoms with Gasteiger partial charge in [-0.05, 0) is 12.5 Å². The zero-order valence-corrected chi connectivity index (χ0v) is 8.57. The highest BCUT2D eigenvalue weighted by Crippen LogP contribution is 2.24. The Hall–Kier alpha value is -1.91. The maximum absolute atomic E-state index is 5.78. The Morgan fingerprint density at radius 1 is 1.47 bits per heavy atom. The van der Waals surface area contributed by atoms with Crippen molar-refractivity contribution in [2.45, 2.75) is 19.8 Å². The number of hydrogen-bond acceptors (Lipinski definition) is 4. The van der Waals surface area contributed by atoms with Crippen LogP contribution in [0.2, 0.25) is 0 Å². The number of nitrogens with one attached hydrogen (secondary N) is 1. The molecule has 0 aliphatic carbocycles. The van der Waals surface area contributed by atoms with E-state index in [1.807, 2.05) is 6.07 Å². The van der Waals surface area contributed by atoms with Crippen LogP contribution < -0.4 is 5.73 Å². The van der Waals surface area contributed by atoms with Crippen LogP contribution in [0.4, 0.5) is 5.82 Å². The molecule has 0 fully saturated rings. The average Bonchev–Trinajstić information content (AvgIpc) is 2.63. The SMILES string of the molecule is CCCc1c(N)n[nH]c1-c1ccncn1. The van der Waals surface area contributed by atoms with E-state index < -0.39 is 0 Å². The lowest BCUT2D eigenvalue weighted by Gasteiger charge is -2.00. The molecule has 0 aliphatic heterocycles. The minimum atomic E-state index is 0.561. The third-order valence-corrected chi connectivity index (χ3v) is 2.24. The summed E-state index contributed by atoms with van der Waals surface area (Å²) in [7, 11) is 0. The van der Waals surface area contributed by atoms with Gasteiger partial charge in [0.25, 0.3) is 0 Å². The molecule has 0 aromatic carbocycles. The summed E-state index contributed by atoms with van der Waals surface area (Å²) in [5, 5.41) is 6.91. The Balaban J connectivity index is 2.44. The van der Waals surface area contributed by atoms with Gasteiger partial charge in [0.05, 0.1) is 11.4 Å². The number of nitrogens with two attached hydrogens (primary N) is 1. The maximum atomic E-state index is 5.78. The molecule has 0 saturated heterocycles. The third kappa shape index (κ3) is 1.81. The summed E-state index contributed by atoms with van der Waals surface area (Å²) < 4.78 is 0. The van der Waals surface area contributed by atoms with Crippen LogP contribution in [0.5, 0.6) is 0 Å². The lowest BCUT2D eigenvalue weighted by Crippen LogP contribution is -1.93. The fourth-order valence-electron chi connectivity index (χ4n) is 1.53. The predicted octanol–water partition coefficient (Wildman–Crippen LogP) is 1.40. The summed E-state index contributed by atoms with van der Waals surface area (Å²) in [6, 6.07) is 1.84. The molecule has 78 valence electrons. The minimum absolute atomic E-state index is 0.561. The molecule has 0 amide bonds. The van der Waals surface area contributed by atoms with Gasteiger partial charge >= 0.3 is 0 Å². The van der Waals surface area contributed by atoms with E-state index >= 15 is 0 Å². The van der Waals surface area contributed by atoms with E-state index in [2.05, 4.69) is 27.1 Å². The van der Waals surface area contributed by atoms with Gasteiger partial charge in [-0.15, -0.1) is 0 Å². The van der Waals surface area contributed by atoms with Crippen molar-refractivity contribution < 1.29 is 0 Å². The van der Waals surface area contributed by atoms with Crippen LogP contribution in [0.15, 0.2) is 18.6 Å². The summed E-state index contributed by atoms with van der Waals surface area (Å²) in [6.45, 7) is 2.11. The van der Waals surface area contributed by atoms with Crippen molar-refractivity contribution in [3.8, 4) is 11.4 Å². The van der Waals surface area contributed by atoms with Crippen molar-refractivity contribution in [2.24, 2.45) is 0 Å². The lowest BCUT2D eigenvalue weighted by atomic mass is 10.1. The van der Waals surface area contributed by atoms with Crippen molar-refractivity contribution in [1.82, 2.24) is 20.2 Å². The molecule has 0 aliphatic rings. The first-order chi connectivity index (χ1) is 7.33. The smallest absolute Gasteiger partial charge is 0.149 e. The molecule has 2 heterocycles. The number of anilines is 1. The second-order valence-corrected chi connectivity index (χ2v) is 3.31. The molecule has 3 N–H and O–H groups in total. The zero-order valence-electron chi connectivity index (χ0n) is 8.57. The fourth-order valence-corrected chi connectivity index (χ4v) is 1.53. The van der Waals surface area contributed by atoms with Crippen LogP contribution >= 0.6 is 0 Å². The van der Waals surface area contributed by atoms with Gasteiger partial charge in [-0.3, -0.25) is 5.10 Å².